The highest BCUT2D eigenvalue weighted by atomic mass is 32.1. The van der Waals surface area contributed by atoms with Crippen LogP contribution < -0.4 is 10.5 Å². The Labute approximate surface area is 128 Å². The van der Waals surface area contributed by atoms with Crippen molar-refractivity contribution in [3.8, 4) is 17.0 Å². The number of aromatic nitrogens is 3. The van der Waals surface area contributed by atoms with Gasteiger partial charge in [-0.1, -0.05) is 18.2 Å². The Balaban J connectivity index is 1.88. The van der Waals surface area contributed by atoms with Crippen LogP contribution in [0.15, 0.2) is 41.8 Å². The number of ether oxygens (including phenoxy) is 1. The van der Waals surface area contributed by atoms with Crippen LogP contribution in [-0.4, -0.2) is 27.3 Å². The van der Waals surface area contributed by atoms with Gasteiger partial charge in [0, 0.05) is 5.56 Å². The third kappa shape index (κ3) is 2.72. The molecule has 1 amide bonds. The highest BCUT2D eigenvalue weighted by molar-refractivity contribution is 7.12. The number of carbonyl (C=O) groups is 2. The maximum atomic E-state index is 11.9. The van der Waals surface area contributed by atoms with Crippen molar-refractivity contribution >= 4 is 23.2 Å². The van der Waals surface area contributed by atoms with Crippen LogP contribution in [0.3, 0.4) is 0 Å². The summed E-state index contributed by atoms with van der Waals surface area (Å²) in [5.74, 6) is -0.790. The molecular weight excluding hydrogens is 304 g/mol. The number of nitrogens with two attached hydrogens (primary N) is 1. The molecule has 2 aromatic heterocycles. The quantitative estimate of drug-likeness (QED) is 0.564. The van der Waals surface area contributed by atoms with Gasteiger partial charge in [0.25, 0.3) is 5.91 Å². The van der Waals surface area contributed by atoms with Gasteiger partial charge in [0.1, 0.15) is 16.3 Å². The van der Waals surface area contributed by atoms with Crippen molar-refractivity contribution in [3.05, 3.63) is 52.3 Å². The lowest BCUT2D eigenvalue weighted by Crippen LogP contribution is -2.12. The van der Waals surface area contributed by atoms with E-state index in [9.17, 15) is 9.59 Å². The van der Waals surface area contributed by atoms with Crippen LogP contribution in [0.1, 0.15) is 20.2 Å². The van der Waals surface area contributed by atoms with Gasteiger partial charge in [0.2, 0.25) is 0 Å². The lowest BCUT2D eigenvalue weighted by atomic mass is 10.1. The summed E-state index contributed by atoms with van der Waals surface area (Å²) in [5, 5.41) is 11.8. The standard InChI is InChI=1S/C14H10N4O3S/c15-13(19)12-11(16-18-17-12)8-3-1-4-9(7-8)21-14(20)10-5-2-6-22-10/h1-7H,(H2,15,19)(H,16,17,18). The number of aromatic amines is 1. The van der Waals surface area contributed by atoms with E-state index in [1.54, 1.807) is 41.8 Å². The molecule has 7 nitrogen and oxygen atoms in total. The summed E-state index contributed by atoms with van der Waals surface area (Å²) in [6.45, 7) is 0. The van der Waals surface area contributed by atoms with Gasteiger partial charge in [-0.3, -0.25) is 4.79 Å². The van der Waals surface area contributed by atoms with E-state index in [2.05, 4.69) is 15.4 Å². The van der Waals surface area contributed by atoms with E-state index in [1.807, 2.05) is 0 Å². The summed E-state index contributed by atoms with van der Waals surface area (Å²) in [6.07, 6.45) is 0. The minimum Gasteiger partial charge on any atom is -0.422 e. The summed E-state index contributed by atoms with van der Waals surface area (Å²) in [6, 6.07) is 10.1. The van der Waals surface area contributed by atoms with Gasteiger partial charge in [-0.05, 0) is 23.6 Å². The molecule has 0 aliphatic rings. The molecule has 0 saturated heterocycles. The minimum atomic E-state index is -0.690. The lowest BCUT2D eigenvalue weighted by Gasteiger charge is -2.04. The minimum absolute atomic E-state index is 0.0294. The first kappa shape index (κ1) is 14.0. The van der Waals surface area contributed by atoms with E-state index in [0.29, 0.717) is 21.9 Å². The lowest BCUT2D eigenvalue weighted by molar-refractivity contribution is 0.0739. The van der Waals surface area contributed by atoms with Gasteiger partial charge in [0.05, 0.1) is 0 Å². The van der Waals surface area contributed by atoms with E-state index in [4.69, 9.17) is 10.5 Å². The van der Waals surface area contributed by atoms with Gasteiger partial charge in [-0.15, -0.1) is 11.3 Å². The highest BCUT2D eigenvalue weighted by Gasteiger charge is 2.16. The number of esters is 1. The molecule has 0 bridgehead atoms. The summed E-state index contributed by atoms with van der Waals surface area (Å²) in [7, 11) is 0. The highest BCUT2D eigenvalue weighted by Crippen LogP contribution is 2.24. The van der Waals surface area contributed by atoms with Crippen molar-refractivity contribution < 1.29 is 14.3 Å². The number of hydrogen-bond acceptors (Lipinski definition) is 6. The van der Waals surface area contributed by atoms with E-state index in [0.717, 1.165) is 0 Å². The molecule has 2 heterocycles. The second kappa shape index (κ2) is 5.78. The normalized spacial score (nSPS) is 10.4. The number of carbonyl (C=O) groups excluding carboxylic acids is 2. The van der Waals surface area contributed by atoms with Gasteiger partial charge in [-0.2, -0.15) is 15.4 Å². The number of hydrogen-bond donors (Lipinski definition) is 2. The maximum absolute atomic E-state index is 11.9. The van der Waals surface area contributed by atoms with E-state index in [1.165, 1.54) is 11.3 Å². The Kier molecular flexibility index (Phi) is 3.67. The first-order valence-electron chi connectivity index (χ1n) is 6.22. The summed E-state index contributed by atoms with van der Waals surface area (Å²) >= 11 is 1.30. The van der Waals surface area contributed by atoms with Crippen molar-refractivity contribution in [2.24, 2.45) is 5.73 Å². The fourth-order valence-electron chi connectivity index (χ4n) is 1.86. The van der Waals surface area contributed by atoms with Crippen molar-refractivity contribution in [1.82, 2.24) is 15.4 Å². The zero-order chi connectivity index (χ0) is 15.5. The zero-order valence-corrected chi connectivity index (χ0v) is 12.0. The average Bonchev–Trinajstić information content (AvgIpc) is 3.19. The van der Waals surface area contributed by atoms with E-state index >= 15 is 0 Å². The fourth-order valence-corrected chi connectivity index (χ4v) is 2.46. The zero-order valence-electron chi connectivity index (χ0n) is 11.1. The van der Waals surface area contributed by atoms with Crippen LogP contribution in [0.2, 0.25) is 0 Å². The van der Waals surface area contributed by atoms with Crippen LogP contribution in [0.5, 0.6) is 5.75 Å². The number of primary amides is 1. The van der Waals surface area contributed by atoms with Crippen LogP contribution in [0.25, 0.3) is 11.3 Å². The molecule has 0 radical (unpaired) electrons. The molecule has 3 rings (SSSR count). The van der Waals surface area contributed by atoms with Gasteiger partial charge < -0.3 is 10.5 Å². The largest absolute Gasteiger partial charge is 0.422 e. The van der Waals surface area contributed by atoms with Gasteiger partial charge in [0.15, 0.2) is 5.69 Å². The Morgan fingerprint density at radius 2 is 2.05 bits per heavy atom. The van der Waals surface area contributed by atoms with Crippen LogP contribution in [-0.2, 0) is 0 Å². The topological polar surface area (TPSA) is 111 Å². The molecular formula is C14H10N4O3S. The second-order valence-corrected chi connectivity index (χ2v) is 5.23. The smallest absolute Gasteiger partial charge is 0.353 e. The molecule has 3 N–H and O–H groups in total. The Hall–Kier alpha value is -3.00. The summed E-state index contributed by atoms with van der Waals surface area (Å²) < 4.78 is 5.29. The molecule has 0 saturated carbocycles. The molecule has 0 atom stereocenters. The molecule has 0 aliphatic carbocycles. The number of nitrogens with one attached hydrogen (secondary N) is 1. The predicted molar refractivity (Wildman–Crippen MR) is 79.6 cm³/mol. The molecule has 22 heavy (non-hydrogen) atoms. The number of amides is 1. The van der Waals surface area contributed by atoms with E-state index in [-0.39, 0.29) is 5.69 Å². The van der Waals surface area contributed by atoms with Crippen LogP contribution in [0, 0.1) is 0 Å². The third-order valence-electron chi connectivity index (χ3n) is 2.82. The van der Waals surface area contributed by atoms with Crippen molar-refractivity contribution in [3.63, 3.8) is 0 Å². The number of nitrogens with zero attached hydrogens (tertiary/aromatic N) is 2. The van der Waals surface area contributed by atoms with Gasteiger partial charge >= 0.3 is 5.97 Å². The van der Waals surface area contributed by atoms with Crippen molar-refractivity contribution in [1.29, 1.82) is 0 Å². The average molecular weight is 314 g/mol. The maximum Gasteiger partial charge on any atom is 0.353 e. The van der Waals surface area contributed by atoms with Crippen LogP contribution in [0.4, 0.5) is 0 Å². The number of H-pyrrole nitrogens is 1. The number of benzene rings is 1. The first-order valence-corrected chi connectivity index (χ1v) is 7.10. The summed E-state index contributed by atoms with van der Waals surface area (Å²) in [5.41, 5.74) is 6.14. The Morgan fingerprint density at radius 3 is 2.77 bits per heavy atom. The molecule has 0 spiro atoms. The van der Waals surface area contributed by atoms with E-state index < -0.39 is 11.9 Å². The predicted octanol–water partition coefficient (Wildman–Crippen LogP) is 1.85. The Morgan fingerprint density at radius 1 is 1.18 bits per heavy atom. The number of thiophene rings is 1. The fraction of sp³-hybridized carbons (Fsp3) is 0. The molecule has 1 aromatic carbocycles. The van der Waals surface area contributed by atoms with Crippen LogP contribution >= 0.6 is 11.3 Å². The third-order valence-corrected chi connectivity index (χ3v) is 3.67. The summed E-state index contributed by atoms with van der Waals surface area (Å²) in [4.78, 5) is 23.7. The number of rotatable bonds is 4. The molecule has 0 fully saturated rings. The SMILES string of the molecule is NC(=O)c1n[nH]nc1-c1cccc(OC(=O)c2cccs2)c1. The van der Waals surface area contributed by atoms with Gasteiger partial charge in [-0.25, -0.2) is 4.79 Å². The Bertz CT molecular complexity index is 826. The molecule has 3 aromatic rings. The molecule has 0 aliphatic heterocycles. The first-order chi connectivity index (χ1) is 10.6. The monoisotopic (exact) mass is 314 g/mol. The molecule has 8 heteroatoms. The van der Waals surface area contributed by atoms with Crippen molar-refractivity contribution in [2.75, 3.05) is 0 Å². The second-order valence-electron chi connectivity index (χ2n) is 4.28. The van der Waals surface area contributed by atoms with Crippen molar-refractivity contribution in [2.45, 2.75) is 0 Å². The molecule has 110 valence electrons. The molecule has 0 unspecified atom stereocenters.